The first kappa shape index (κ1) is 14.5. The van der Waals surface area contributed by atoms with Gasteiger partial charge in [-0.15, -0.1) is 0 Å². The molecule has 4 heteroatoms. The minimum absolute atomic E-state index is 0.326. The Morgan fingerprint density at radius 1 is 1.29 bits per heavy atom. The van der Waals surface area contributed by atoms with Crippen LogP contribution in [0.3, 0.4) is 0 Å². The van der Waals surface area contributed by atoms with Gasteiger partial charge in [0.1, 0.15) is 0 Å². The van der Waals surface area contributed by atoms with Gasteiger partial charge in [-0.1, -0.05) is 13.8 Å². The predicted molar refractivity (Wildman–Crippen MR) is 70.9 cm³/mol. The normalized spacial score (nSPS) is 16.4. The molecule has 0 atom stereocenters. The Bertz CT molecular complexity index is 237. The number of carbonyl (C=O) groups is 1. The van der Waals surface area contributed by atoms with Gasteiger partial charge in [-0.2, -0.15) is 0 Å². The maximum atomic E-state index is 12.2. The summed E-state index contributed by atoms with van der Waals surface area (Å²) in [5.41, 5.74) is 0. The summed E-state index contributed by atoms with van der Waals surface area (Å²) in [4.78, 5) is 16.3. The maximum Gasteiger partial charge on any atom is 0.222 e. The quantitative estimate of drug-likeness (QED) is 0.710. The van der Waals surface area contributed by atoms with Gasteiger partial charge < -0.3 is 15.1 Å². The van der Waals surface area contributed by atoms with Gasteiger partial charge >= 0.3 is 0 Å². The molecule has 1 heterocycles. The van der Waals surface area contributed by atoms with E-state index >= 15 is 0 Å². The van der Waals surface area contributed by atoms with Gasteiger partial charge in [0.2, 0.25) is 5.91 Å². The highest BCUT2D eigenvalue weighted by atomic mass is 16.2. The van der Waals surface area contributed by atoms with Crippen molar-refractivity contribution >= 4 is 5.91 Å². The second kappa shape index (κ2) is 6.97. The summed E-state index contributed by atoms with van der Waals surface area (Å²) in [6, 6.07) is 0. The average molecular weight is 241 g/mol. The molecule has 0 bridgehead atoms. The van der Waals surface area contributed by atoms with Crippen LogP contribution in [0, 0.1) is 11.8 Å². The van der Waals surface area contributed by atoms with E-state index in [0.29, 0.717) is 24.2 Å². The first-order chi connectivity index (χ1) is 7.99. The number of nitrogens with one attached hydrogen (secondary N) is 1. The molecule has 0 unspecified atom stereocenters. The lowest BCUT2D eigenvalue weighted by Crippen LogP contribution is -2.46. The van der Waals surface area contributed by atoms with E-state index in [1.807, 2.05) is 19.0 Å². The number of hydrogen-bond donors (Lipinski definition) is 1. The van der Waals surface area contributed by atoms with Crippen molar-refractivity contribution in [1.29, 1.82) is 0 Å². The first-order valence-electron chi connectivity index (χ1n) is 6.62. The molecule has 0 radical (unpaired) electrons. The Morgan fingerprint density at radius 3 is 2.35 bits per heavy atom. The predicted octanol–water partition coefficient (Wildman–Crippen LogP) is 0.642. The third kappa shape index (κ3) is 5.50. The lowest BCUT2D eigenvalue weighted by Gasteiger charge is -2.31. The molecular formula is C13H27N3O. The fraction of sp³-hybridized carbons (Fsp3) is 0.923. The highest BCUT2D eigenvalue weighted by Gasteiger charge is 2.23. The van der Waals surface area contributed by atoms with Crippen LogP contribution in [0.1, 0.15) is 20.3 Å². The molecule has 4 nitrogen and oxygen atoms in total. The smallest absolute Gasteiger partial charge is 0.222 e. The summed E-state index contributed by atoms with van der Waals surface area (Å²) < 4.78 is 0. The highest BCUT2D eigenvalue weighted by molar-refractivity contribution is 5.76. The van der Waals surface area contributed by atoms with Crippen molar-refractivity contribution < 1.29 is 4.79 Å². The standard InChI is InChI=1S/C13H27N3O/c1-11(2)10-16(6-5-15(3)4)13(17)7-12-8-14-9-12/h11-12,14H,5-10H2,1-4H3. The molecule has 17 heavy (non-hydrogen) atoms. The number of carbonyl (C=O) groups excluding carboxylic acids is 1. The van der Waals surface area contributed by atoms with E-state index in [9.17, 15) is 4.79 Å². The summed E-state index contributed by atoms with van der Waals surface area (Å²) in [5, 5.41) is 3.22. The Balaban J connectivity index is 2.38. The Morgan fingerprint density at radius 2 is 1.94 bits per heavy atom. The first-order valence-corrected chi connectivity index (χ1v) is 6.62. The molecule has 1 amide bonds. The van der Waals surface area contributed by atoms with E-state index in [1.54, 1.807) is 0 Å². The molecule has 0 aliphatic carbocycles. The third-order valence-corrected chi connectivity index (χ3v) is 3.08. The van der Waals surface area contributed by atoms with Crippen LogP contribution in [0.25, 0.3) is 0 Å². The van der Waals surface area contributed by atoms with Crippen LogP contribution in [-0.2, 0) is 4.79 Å². The van der Waals surface area contributed by atoms with Gasteiger partial charge in [0.05, 0.1) is 0 Å². The highest BCUT2D eigenvalue weighted by Crippen LogP contribution is 2.11. The molecule has 0 aromatic rings. The van der Waals surface area contributed by atoms with Crippen molar-refractivity contribution in [2.75, 3.05) is 46.8 Å². The van der Waals surface area contributed by atoms with Gasteiger partial charge in [-0.05, 0) is 39.0 Å². The summed E-state index contributed by atoms with van der Waals surface area (Å²) in [6.45, 7) is 9.03. The minimum Gasteiger partial charge on any atom is -0.341 e. The third-order valence-electron chi connectivity index (χ3n) is 3.08. The van der Waals surface area contributed by atoms with E-state index in [0.717, 1.165) is 32.7 Å². The van der Waals surface area contributed by atoms with Crippen molar-refractivity contribution in [3.05, 3.63) is 0 Å². The second-order valence-corrected chi connectivity index (χ2v) is 5.77. The Hall–Kier alpha value is -0.610. The molecular weight excluding hydrogens is 214 g/mol. The van der Waals surface area contributed by atoms with Crippen LogP contribution < -0.4 is 5.32 Å². The van der Waals surface area contributed by atoms with Crippen LogP contribution >= 0.6 is 0 Å². The topological polar surface area (TPSA) is 35.6 Å². The zero-order valence-electron chi connectivity index (χ0n) is 11.7. The van der Waals surface area contributed by atoms with Crippen molar-refractivity contribution in [3.8, 4) is 0 Å². The molecule has 0 saturated carbocycles. The van der Waals surface area contributed by atoms with Crippen molar-refractivity contribution in [3.63, 3.8) is 0 Å². The van der Waals surface area contributed by atoms with Gasteiger partial charge in [0.25, 0.3) is 0 Å². The fourth-order valence-corrected chi connectivity index (χ4v) is 1.95. The van der Waals surface area contributed by atoms with E-state index in [-0.39, 0.29) is 0 Å². The van der Waals surface area contributed by atoms with Crippen molar-refractivity contribution in [2.45, 2.75) is 20.3 Å². The number of hydrogen-bond acceptors (Lipinski definition) is 3. The molecule has 0 spiro atoms. The molecule has 100 valence electrons. The number of nitrogens with zero attached hydrogens (tertiary/aromatic N) is 2. The molecule has 1 N–H and O–H groups in total. The summed E-state index contributed by atoms with van der Waals surface area (Å²) >= 11 is 0. The van der Waals surface area contributed by atoms with Gasteiger partial charge in [0.15, 0.2) is 0 Å². The molecule has 1 rings (SSSR count). The van der Waals surface area contributed by atoms with Crippen LogP contribution in [0.2, 0.25) is 0 Å². The van der Waals surface area contributed by atoms with Gasteiger partial charge in [0, 0.05) is 26.1 Å². The van der Waals surface area contributed by atoms with E-state index in [1.165, 1.54) is 0 Å². The zero-order chi connectivity index (χ0) is 12.8. The lowest BCUT2D eigenvalue weighted by atomic mass is 9.98. The van der Waals surface area contributed by atoms with Crippen LogP contribution in [0.5, 0.6) is 0 Å². The minimum atomic E-state index is 0.326. The SMILES string of the molecule is CC(C)CN(CCN(C)C)C(=O)CC1CNC1. The van der Waals surface area contributed by atoms with E-state index < -0.39 is 0 Å². The Labute approximate surface area is 105 Å². The van der Waals surface area contributed by atoms with Crippen molar-refractivity contribution in [2.24, 2.45) is 11.8 Å². The summed E-state index contributed by atoms with van der Waals surface area (Å²) in [5.74, 6) is 1.43. The average Bonchev–Trinajstić information content (AvgIpc) is 2.17. The second-order valence-electron chi connectivity index (χ2n) is 5.77. The van der Waals surface area contributed by atoms with E-state index in [2.05, 4.69) is 24.1 Å². The molecule has 1 aliphatic rings. The molecule has 1 saturated heterocycles. The largest absolute Gasteiger partial charge is 0.341 e. The molecule has 0 aromatic carbocycles. The van der Waals surface area contributed by atoms with Gasteiger partial charge in [-0.3, -0.25) is 4.79 Å². The van der Waals surface area contributed by atoms with Crippen LogP contribution in [-0.4, -0.2) is 62.5 Å². The zero-order valence-corrected chi connectivity index (χ0v) is 11.7. The van der Waals surface area contributed by atoms with Crippen LogP contribution in [0.15, 0.2) is 0 Å². The molecule has 1 aliphatic heterocycles. The monoisotopic (exact) mass is 241 g/mol. The summed E-state index contributed by atoms with van der Waals surface area (Å²) in [7, 11) is 4.10. The fourth-order valence-electron chi connectivity index (χ4n) is 1.95. The van der Waals surface area contributed by atoms with E-state index in [4.69, 9.17) is 0 Å². The van der Waals surface area contributed by atoms with Crippen LogP contribution in [0.4, 0.5) is 0 Å². The number of amides is 1. The van der Waals surface area contributed by atoms with Crippen molar-refractivity contribution in [1.82, 2.24) is 15.1 Å². The van der Waals surface area contributed by atoms with Gasteiger partial charge in [-0.25, -0.2) is 0 Å². The summed E-state index contributed by atoms with van der Waals surface area (Å²) in [6.07, 6.45) is 0.715. The molecule has 0 aromatic heterocycles. The Kier molecular flexibility index (Phi) is 5.92. The molecule has 1 fully saturated rings. The number of rotatable bonds is 7. The maximum absolute atomic E-state index is 12.2. The number of likely N-dealkylation sites (N-methyl/N-ethyl adjacent to an activating group) is 1. The lowest BCUT2D eigenvalue weighted by molar-refractivity contribution is -0.133.